The van der Waals surface area contributed by atoms with E-state index in [1.54, 1.807) is 19.2 Å². The Kier molecular flexibility index (Phi) is 11.3. The van der Waals surface area contributed by atoms with Gasteiger partial charge in [0.05, 0.1) is 27.7 Å². The molecule has 0 saturated carbocycles. The lowest BCUT2D eigenvalue weighted by atomic mass is 9.94. The molecule has 3 aromatic heterocycles. The number of aryl methyl sites for hydroxylation is 1. The summed E-state index contributed by atoms with van der Waals surface area (Å²) in [5, 5.41) is 10.9. The van der Waals surface area contributed by atoms with Gasteiger partial charge in [-0.15, -0.1) is 0 Å². The molecule has 6 rings (SSSR count). The number of hydrogen-bond acceptors (Lipinski definition) is 5. The van der Waals surface area contributed by atoms with Crippen LogP contribution in [0.1, 0.15) is 54.5 Å². The number of hydrogen-bond donors (Lipinski definition) is 2. The molecule has 5 aromatic rings. The van der Waals surface area contributed by atoms with E-state index >= 15 is 0 Å². The van der Waals surface area contributed by atoms with Crippen molar-refractivity contribution in [1.29, 1.82) is 0 Å². The largest absolute Gasteiger partial charge is 0.435 e. The third-order valence-corrected chi connectivity index (χ3v) is 9.04. The van der Waals surface area contributed by atoms with Crippen molar-refractivity contribution in [3.63, 3.8) is 0 Å². The Morgan fingerprint density at radius 3 is 2.33 bits per heavy atom. The first-order valence-corrected chi connectivity index (χ1v) is 18.0. The number of halogens is 9. The van der Waals surface area contributed by atoms with Gasteiger partial charge in [0.2, 0.25) is 5.91 Å². The lowest BCUT2D eigenvalue weighted by Gasteiger charge is -2.23. The maximum Gasteiger partial charge on any atom is 0.435 e. The maximum absolute atomic E-state index is 14.8. The molecule has 2 atom stereocenters. The van der Waals surface area contributed by atoms with E-state index in [1.807, 2.05) is 13.8 Å². The number of carbonyl (C=O) groups excluding carboxylic acids is 1. The van der Waals surface area contributed by atoms with Gasteiger partial charge in [0.25, 0.3) is 5.92 Å². The van der Waals surface area contributed by atoms with E-state index in [9.17, 15) is 39.7 Å². The number of anilines is 1. The second-order valence-electron chi connectivity index (χ2n) is 11.6. The van der Waals surface area contributed by atoms with E-state index in [0.29, 0.717) is 32.8 Å². The normalized spacial score (nSPS) is 14.8. The van der Waals surface area contributed by atoms with Crippen LogP contribution >= 0.6 is 23.2 Å². The molecule has 2 unspecified atom stereocenters. The smallest absolute Gasteiger partial charge is 0.346 e. The summed E-state index contributed by atoms with van der Waals surface area (Å²) in [5.41, 5.74) is -1.95. The highest BCUT2D eigenvalue weighted by molar-refractivity contribution is 7.85. The van der Waals surface area contributed by atoms with Crippen molar-refractivity contribution >= 4 is 56.8 Å². The lowest BCUT2D eigenvalue weighted by molar-refractivity contribution is -0.142. The predicted octanol–water partition coefficient (Wildman–Crippen LogP) is 8.31. The van der Waals surface area contributed by atoms with Crippen LogP contribution in [0, 0.1) is 11.6 Å². The van der Waals surface area contributed by atoms with Crippen LogP contribution in [0.3, 0.4) is 0 Å². The molecule has 19 heteroatoms. The van der Waals surface area contributed by atoms with Crippen molar-refractivity contribution in [2.75, 3.05) is 11.0 Å². The zero-order valence-electron chi connectivity index (χ0n) is 27.8. The fraction of sp³-hybridized carbons (Fsp3) is 0.333. The van der Waals surface area contributed by atoms with Gasteiger partial charge in [0.1, 0.15) is 40.0 Å². The number of amides is 1. The number of benzene rings is 2. The van der Waals surface area contributed by atoms with Crippen molar-refractivity contribution in [3.8, 4) is 11.1 Å². The number of nitrogens with zero attached hydrogens (tertiary/aromatic N) is 5. The summed E-state index contributed by atoms with van der Waals surface area (Å²) < 4.78 is 116. The van der Waals surface area contributed by atoms with Gasteiger partial charge < -0.3 is 5.32 Å². The number of alkyl halides is 5. The maximum atomic E-state index is 14.8. The molecule has 1 amide bonds. The van der Waals surface area contributed by atoms with Gasteiger partial charge in [-0.05, 0) is 48.7 Å². The molecule has 0 radical (unpaired) electrons. The second-order valence-corrected chi connectivity index (χ2v) is 13.5. The molecule has 278 valence electrons. The summed E-state index contributed by atoms with van der Waals surface area (Å²) in [5.74, 6) is -6.39. The molecule has 0 aliphatic heterocycles. The van der Waals surface area contributed by atoms with Crippen LogP contribution in [-0.4, -0.2) is 40.9 Å². The summed E-state index contributed by atoms with van der Waals surface area (Å²) in [6, 6.07) is 7.50. The zero-order chi connectivity index (χ0) is 38.3. The molecule has 0 bridgehead atoms. The number of carbonyl (C=O) groups is 1. The quantitative estimate of drug-likeness (QED) is 0.115. The number of nitrogens with one attached hydrogen (secondary N) is 2. The van der Waals surface area contributed by atoms with Crippen LogP contribution in [0.2, 0.25) is 10.2 Å². The van der Waals surface area contributed by atoms with E-state index in [-0.39, 0.29) is 33.7 Å². The third kappa shape index (κ3) is 7.90. The molecule has 52 heavy (non-hydrogen) atoms. The van der Waals surface area contributed by atoms with E-state index in [2.05, 4.69) is 25.2 Å². The molecule has 3 heterocycles. The first-order valence-electron chi connectivity index (χ1n) is 15.6. The van der Waals surface area contributed by atoms with Crippen LogP contribution in [0.15, 0.2) is 42.5 Å². The molecule has 9 nitrogen and oxygen atoms in total. The molecular formula is C33H30Cl2F7N7O2S. The number of rotatable bonds is 9. The van der Waals surface area contributed by atoms with Crippen molar-refractivity contribution < 1.29 is 39.7 Å². The Morgan fingerprint density at radius 1 is 1.04 bits per heavy atom. The lowest BCUT2D eigenvalue weighted by Crippen LogP contribution is -2.35. The van der Waals surface area contributed by atoms with E-state index in [0.717, 1.165) is 12.1 Å². The summed E-state index contributed by atoms with van der Waals surface area (Å²) in [7, 11) is 0.0626. The Balaban J connectivity index is 0.00000257. The Labute approximate surface area is 305 Å². The molecule has 2 aromatic carbocycles. The first-order chi connectivity index (χ1) is 24.4. The Morgan fingerprint density at radius 2 is 1.69 bits per heavy atom. The highest BCUT2D eigenvalue weighted by atomic mass is 35.5. The van der Waals surface area contributed by atoms with Crippen LogP contribution in [-0.2, 0) is 54.3 Å². The van der Waals surface area contributed by atoms with Crippen LogP contribution in [0.25, 0.3) is 22.0 Å². The van der Waals surface area contributed by atoms with Crippen molar-refractivity contribution in [3.05, 3.63) is 92.5 Å². The molecule has 2 N–H and O–H groups in total. The van der Waals surface area contributed by atoms with Gasteiger partial charge in [0.15, 0.2) is 11.5 Å². The molecule has 0 fully saturated rings. The van der Waals surface area contributed by atoms with Crippen LogP contribution < -0.4 is 10.0 Å². The minimum atomic E-state index is -5.05. The highest BCUT2D eigenvalue weighted by Gasteiger charge is 2.50. The van der Waals surface area contributed by atoms with E-state index < -0.39 is 83.0 Å². The Bertz CT molecular complexity index is 2170. The second kappa shape index (κ2) is 15.0. The molecule has 0 saturated heterocycles. The van der Waals surface area contributed by atoms with Gasteiger partial charge in [-0.25, -0.2) is 18.0 Å². The summed E-state index contributed by atoms with van der Waals surface area (Å²) in [4.78, 5) is 18.0. The van der Waals surface area contributed by atoms with E-state index in [1.165, 1.54) is 23.1 Å². The summed E-state index contributed by atoms with van der Waals surface area (Å²) in [6.07, 6.45) is -5.45. The fourth-order valence-electron chi connectivity index (χ4n) is 6.19. The predicted molar refractivity (Wildman–Crippen MR) is 183 cm³/mol. The van der Waals surface area contributed by atoms with Crippen LogP contribution in [0.4, 0.5) is 36.6 Å². The van der Waals surface area contributed by atoms with E-state index in [4.69, 9.17) is 23.2 Å². The minimum absolute atomic E-state index is 0.0425. The monoisotopic (exact) mass is 791 g/mol. The SMILES string of the molecule is CC.Cn1nc(NS(C)=O)c2c(Cl)ccc(-c3ccc(Cl)nc3C(Cc3cc(F)cc(F)c3)NC(=O)Cn3nc(C(F)(F)F)c4c3C(F)(F)CC4)c21. The first kappa shape index (κ1) is 39.0. The molecular weight excluding hydrogens is 762 g/mol. The highest BCUT2D eigenvalue weighted by Crippen LogP contribution is 2.46. The molecule has 1 aliphatic rings. The number of pyridine rings is 1. The average molecular weight is 793 g/mol. The van der Waals surface area contributed by atoms with Crippen LogP contribution in [0.5, 0.6) is 0 Å². The van der Waals surface area contributed by atoms with Gasteiger partial charge in [-0.1, -0.05) is 43.1 Å². The topological polar surface area (TPSA) is 107 Å². The Hall–Kier alpha value is -4.22. The summed E-state index contributed by atoms with van der Waals surface area (Å²) in [6.45, 7) is 2.95. The third-order valence-electron chi connectivity index (χ3n) is 8.03. The number of fused-ring (bicyclic) bond motifs is 2. The van der Waals surface area contributed by atoms with Gasteiger partial charge >= 0.3 is 6.18 Å². The molecule has 1 aliphatic carbocycles. The van der Waals surface area contributed by atoms with Crippen molar-refractivity contribution in [2.45, 2.75) is 57.8 Å². The van der Waals surface area contributed by atoms with Gasteiger partial charge in [-0.2, -0.15) is 32.1 Å². The van der Waals surface area contributed by atoms with Gasteiger partial charge in [0, 0.05) is 42.5 Å². The van der Waals surface area contributed by atoms with Gasteiger partial charge in [-0.3, -0.25) is 18.9 Å². The number of aromatic nitrogens is 5. The minimum Gasteiger partial charge on any atom is -0.346 e. The standard InChI is InChI=1S/C31H24Cl2F7N7O2S.C2H6/c1-46-26-18(3-5-20(32)24(26)29(44-46)45-50(2)49)17-4-6-22(33)42-25(17)21(11-14-9-15(34)12-16(35)10-14)41-23(48)13-47-28-19(7-8-30(28,36)37)27(43-47)31(38,39)40;1-2/h3-6,9-10,12,21H,7-8,11,13H2,1-2H3,(H,41,48)(H,44,45);1-2H3. The average Bonchev–Trinajstić information content (AvgIpc) is 3.69. The zero-order valence-corrected chi connectivity index (χ0v) is 30.1. The van der Waals surface area contributed by atoms with Crippen molar-refractivity contribution in [2.24, 2.45) is 7.05 Å². The summed E-state index contributed by atoms with van der Waals surface area (Å²) >= 11 is 12.8. The fourth-order valence-corrected chi connectivity index (χ4v) is 7.00. The van der Waals surface area contributed by atoms with Crippen molar-refractivity contribution in [1.82, 2.24) is 29.9 Å². The molecule has 0 spiro atoms.